The van der Waals surface area contributed by atoms with Gasteiger partial charge in [0.25, 0.3) is 0 Å². The van der Waals surface area contributed by atoms with Crippen molar-refractivity contribution in [3.05, 3.63) is 23.7 Å². The Morgan fingerprint density at radius 1 is 1.64 bits per heavy atom. The van der Waals surface area contributed by atoms with Crippen molar-refractivity contribution in [2.24, 2.45) is 0 Å². The second-order valence-electron chi connectivity index (χ2n) is 2.71. The van der Waals surface area contributed by atoms with Gasteiger partial charge in [0.15, 0.2) is 11.5 Å². The number of nitrogens with one attached hydrogen (secondary N) is 1. The normalized spacial score (nSPS) is 10.4. The maximum absolute atomic E-state index is 10.9. The standard InChI is InChI=1S/C8H7N3O3/c1-4-5(8(12)13)6(11-14-4)7-9-2-3-10-7/h2-3H,1H3,(H,9,10)(H,12,13). The molecule has 2 heterocycles. The Labute approximate surface area is 78.6 Å². The van der Waals surface area contributed by atoms with Crippen molar-refractivity contribution in [1.29, 1.82) is 0 Å². The zero-order chi connectivity index (χ0) is 10.1. The second kappa shape index (κ2) is 2.99. The topological polar surface area (TPSA) is 92.0 Å². The molecule has 0 fully saturated rings. The van der Waals surface area contributed by atoms with E-state index in [0.717, 1.165) is 0 Å². The van der Waals surface area contributed by atoms with Crippen LogP contribution in [0.4, 0.5) is 0 Å². The molecule has 0 spiro atoms. The largest absolute Gasteiger partial charge is 0.477 e. The molecule has 2 rings (SSSR count). The fourth-order valence-corrected chi connectivity index (χ4v) is 1.18. The number of rotatable bonds is 2. The average molecular weight is 193 g/mol. The molecule has 0 bridgehead atoms. The van der Waals surface area contributed by atoms with Gasteiger partial charge in [0.1, 0.15) is 11.3 Å². The summed E-state index contributed by atoms with van der Waals surface area (Å²) in [6.07, 6.45) is 3.11. The number of hydrogen-bond acceptors (Lipinski definition) is 4. The number of imidazole rings is 1. The summed E-state index contributed by atoms with van der Waals surface area (Å²) in [6, 6.07) is 0. The molecule has 14 heavy (non-hydrogen) atoms. The van der Waals surface area contributed by atoms with Crippen LogP contribution in [0.25, 0.3) is 11.5 Å². The van der Waals surface area contributed by atoms with E-state index in [2.05, 4.69) is 15.1 Å². The first-order chi connectivity index (χ1) is 6.70. The van der Waals surface area contributed by atoms with Crippen LogP contribution < -0.4 is 0 Å². The Bertz CT molecular complexity index is 458. The van der Waals surface area contributed by atoms with E-state index in [4.69, 9.17) is 9.63 Å². The van der Waals surface area contributed by atoms with Gasteiger partial charge < -0.3 is 14.6 Å². The van der Waals surface area contributed by atoms with E-state index in [9.17, 15) is 4.79 Å². The Kier molecular flexibility index (Phi) is 1.81. The molecule has 0 saturated heterocycles. The third-order valence-electron chi connectivity index (χ3n) is 1.80. The van der Waals surface area contributed by atoms with Crippen LogP contribution >= 0.6 is 0 Å². The highest BCUT2D eigenvalue weighted by Crippen LogP contribution is 2.21. The Morgan fingerprint density at radius 2 is 2.43 bits per heavy atom. The maximum Gasteiger partial charge on any atom is 0.341 e. The van der Waals surface area contributed by atoms with E-state index in [1.54, 1.807) is 13.1 Å². The molecular weight excluding hydrogens is 186 g/mol. The van der Waals surface area contributed by atoms with Crippen LogP contribution in [0.5, 0.6) is 0 Å². The molecule has 0 saturated carbocycles. The van der Waals surface area contributed by atoms with Crippen molar-refractivity contribution in [2.45, 2.75) is 6.92 Å². The molecule has 2 N–H and O–H groups in total. The van der Waals surface area contributed by atoms with Crippen molar-refractivity contribution >= 4 is 5.97 Å². The number of aryl methyl sites for hydroxylation is 1. The zero-order valence-corrected chi connectivity index (χ0v) is 7.31. The highest BCUT2D eigenvalue weighted by molar-refractivity contribution is 5.94. The van der Waals surface area contributed by atoms with Crippen LogP contribution in [-0.4, -0.2) is 26.2 Å². The predicted octanol–water partition coefficient (Wildman–Crippen LogP) is 1.07. The van der Waals surface area contributed by atoms with Gasteiger partial charge in [-0.2, -0.15) is 0 Å². The van der Waals surface area contributed by atoms with Crippen LogP contribution in [0.3, 0.4) is 0 Å². The number of carboxylic acid groups (broad SMARTS) is 1. The summed E-state index contributed by atoms with van der Waals surface area (Å²) in [5.41, 5.74) is 0.264. The SMILES string of the molecule is Cc1onc(-c2ncc[nH]2)c1C(=O)O. The monoisotopic (exact) mass is 193 g/mol. The summed E-state index contributed by atoms with van der Waals surface area (Å²) in [6.45, 7) is 1.54. The van der Waals surface area contributed by atoms with Crippen LogP contribution in [0.1, 0.15) is 16.1 Å². The highest BCUT2D eigenvalue weighted by atomic mass is 16.5. The lowest BCUT2D eigenvalue weighted by molar-refractivity contribution is 0.0695. The van der Waals surface area contributed by atoms with E-state index < -0.39 is 5.97 Å². The molecule has 0 amide bonds. The fraction of sp³-hybridized carbons (Fsp3) is 0.125. The summed E-state index contributed by atoms with van der Waals surface area (Å²) < 4.78 is 4.79. The Balaban J connectivity index is 2.60. The predicted molar refractivity (Wildman–Crippen MR) is 45.8 cm³/mol. The van der Waals surface area contributed by atoms with Crippen LogP contribution in [0.15, 0.2) is 16.9 Å². The molecule has 0 aliphatic carbocycles. The summed E-state index contributed by atoms with van der Waals surface area (Å²) in [7, 11) is 0. The lowest BCUT2D eigenvalue weighted by Gasteiger charge is -1.91. The van der Waals surface area contributed by atoms with Gasteiger partial charge in [0.05, 0.1) is 0 Å². The van der Waals surface area contributed by atoms with E-state index in [1.807, 2.05) is 0 Å². The number of hydrogen-bond donors (Lipinski definition) is 2. The molecular formula is C8H7N3O3. The minimum atomic E-state index is -1.07. The molecule has 0 radical (unpaired) electrons. The second-order valence-corrected chi connectivity index (χ2v) is 2.71. The maximum atomic E-state index is 10.9. The first kappa shape index (κ1) is 8.49. The van der Waals surface area contributed by atoms with Gasteiger partial charge in [0.2, 0.25) is 0 Å². The first-order valence-corrected chi connectivity index (χ1v) is 3.89. The van der Waals surface area contributed by atoms with Gasteiger partial charge in [-0.3, -0.25) is 0 Å². The van der Waals surface area contributed by atoms with E-state index in [-0.39, 0.29) is 17.0 Å². The van der Waals surface area contributed by atoms with E-state index in [0.29, 0.717) is 5.82 Å². The van der Waals surface area contributed by atoms with Crippen LogP contribution in [-0.2, 0) is 0 Å². The Hall–Kier alpha value is -2.11. The smallest absolute Gasteiger partial charge is 0.341 e. The number of carbonyl (C=O) groups is 1. The fourth-order valence-electron chi connectivity index (χ4n) is 1.18. The van der Waals surface area contributed by atoms with Gasteiger partial charge >= 0.3 is 5.97 Å². The first-order valence-electron chi connectivity index (χ1n) is 3.89. The van der Waals surface area contributed by atoms with Crippen molar-refractivity contribution in [3.8, 4) is 11.5 Å². The molecule has 6 nitrogen and oxygen atoms in total. The lowest BCUT2D eigenvalue weighted by Crippen LogP contribution is -1.99. The van der Waals surface area contributed by atoms with Gasteiger partial charge in [-0.25, -0.2) is 9.78 Å². The van der Waals surface area contributed by atoms with Crippen molar-refractivity contribution < 1.29 is 14.4 Å². The molecule has 0 aromatic carbocycles. The molecule has 2 aromatic heterocycles. The van der Waals surface area contributed by atoms with E-state index in [1.165, 1.54) is 6.20 Å². The molecule has 0 aliphatic heterocycles. The number of aromatic nitrogens is 3. The highest BCUT2D eigenvalue weighted by Gasteiger charge is 2.21. The molecule has 0 atom stereocenters. The summed E-state index contributed by atoms with van der Waals surface area (Å²) in [5, 5.41) is 12.5. The minimum absolute atomic E-state index is 0.0416. The summed E-state index contributed by atoms with van der Waals surface area (Å²) >= 11 is 0. The molecule has 6 heteroatoms. The number of aromatic amines is 1. The third-order valence-corrected chi connectivity index (χ3v) is 1.80. The number of carboxylic acids is 1. The minimum Gasteiger partial charge on any atom is -0.477 e. The molecule has 2 aromatic rings. The molecule has 0 aliphatic rings. The quantitative estimate of drug-likeness (QED) is 0.744. The number of nitrogens with zero attached hydrogens (tertiary/aromatic N) is 2. The van der Waals surface area contributed by atoms with Crippen LogP contribution in [0, 0.1) is 6.92 Å². The van der Waals surface area contributed by atoms with Gasteiger partial charge in [-0.1, -0.05) is 5.16 Å². The summed E-state index contributed by atoms with van der Waals surface area (Å²) in [5.74, 6) is -0.418. The molecule has 72 valence electrons. The van der Waals surface area contributed by atoms with Gasteiger partial charge in [-0.05, 0) is 6.92 Å². The lowest BCUT2D eigenvalue weighted by atomic mass is 10.2. The zero-order valence-electron chi connectivity index (χ0n) is 7.31. The van der Waals surface area contributed by atoms with Crippen LogP contribution in [0.2, 0.25) is 0 Å². The number of H-pyrrole nitrogens is 1. The number of aromatic carboxylic acids is 1. The van der Waals surface area contributed by atoms with Gasteiger partial charge in [-0.15, -0.1) is 0 Å². The summed E-state index contributed by atoms with van der Waals surface area (Å²) in [4.78, 5) is 17.5. The Morgan fingerprint density at radius 3 is 3.00 bits per heavy atom. The third kappa shape index (κ3) is 1.17. The molecule has 0 unspecified atom stereocenters. The van der Waals surface area contributed by atoms with Crippen molar-refractivity contribution in [3.63, 3.8) is 0 Å². The van der Waals surface area contributed by atoms with E-state index >= 15 is 0 Å². The average Bonchev–Trinajstić information content (AvgIpc) is 2.70. The van der Waals surface area contributed by atoms with Gasteiger partial charge in [0, 0.05) is 12.4 Å². The van der Waals surface area contributed by atoms with Crippen molar-refractivity contribution in [1.82, 2.24) is 15.1 Å². The van der Waals surface area contributed by atoms with Crippen molar-refractivity contribution in [2.75, 3.05) is 0 Å².